The highest BCUT2D eigenvalue weighted by Gasteiger charge is 2.21. The number of aromatic nitrogens is 1. The third-order valence-corrected chi connectivity index (χ3v) is 4.89. The zero-order chi connectivity index (χ0) is 20.2. The van der Waals surface area contributed by atoms with Gasteiger partial charge in [0, 0.05) is 52.7 Å². The third-order valence-electron chi connectivity index (χ3n) is 4.40. The van der Waals surface area contributed by atoms with Gasteiger partial charge in [0.1, 0.15) is 5.82 Å². The summed E-state index contributed by atoms with van der Waals surface area (Å²) in [5.41, 5.74) is 0. The first-order valence-corrected chi connectivity index (χ1v) is 10.6. The molecule has 2 N–H and O–H groups in total. The number of hydrogen-bond donors (Lipinski definition) is 2. The molecular formula is C19H31Cl2N5O2. The molecule has 1 aliphatic heterocycles. The van der Waals surface area contributed by atoms with Crippen molar-refractivity contribution >= 4 is 35.0 Å². The Labute approximate surface area is 177 Å². The van der Waals surface area contributed by atoms with Crippen molar-refractivity contribution in [2.75, 3.05) is 58.4 Å². The zero-order valence-corrected chi connectivity index (χ0v) is 18.2. The van der Waals surface area contributed by atoms with E-state index in [1.54, 1.807) is 19.4 Å². The van der Waals surface area contributed by atoms with Gasteiger partial charge in [0.25, 0.3) is 0 Å². The number of guanidine groups is 1. The lowest BCUT2D eigenvalue weighted by Gasteiger charge is -2.34. The van der Waals surface area contributed by atoms with E-state index < -0.39 is 0 Å². The average Bonchev–Trinajstić information content (AvgIpc) is 2.69. The first-order valence-electron chi connectivity index (χ1n) is 9.82. The van der Waals surface area contributed by atoms with Gasteiger partial charge >= 0.3 is 0 Å². The first-order chi connectivity index (χ1) is 13.6. The molecule has 1 fully saturated rings. The van der Waals surface area contributed by atoms with Crippen LogP contribution in [0.25, 0.3) is 0 Å². The van der Waals surface area contributed by atoms with Crippen LogP contribution in [0.3, 0.4) is 0 Å². The summed E-state index contributed by atoms with van der Waals surface area (Å²) < 4.78 is 11.0. The van der Waals surface area contributed by atoms with Crippen molar-refractivity contribution in [2.45, 2.75) is 32.3 Å². The van der Waals surface area contributed by atoms with Gasteiger partial charge in [-0.25, -0.2) is 4.98 Å². The Kier molecular flexibility index (Phi) is 10.7. The van der Waals surface area contributed by atoms with Crippen molar-refractivity contribution in [3.8, 4) is 0 Å². The molecule has 1 aromatic rings. The minimum atomic E-state index is 0.329. The Morgan fingerprint density at radius 2 is 2.11 bits per heavy atom. The monoisotopic (exact) mass is 431 g/mol. The smallest absolute Gasteiger partial charge is 0.193 e. The quantitative estimate of drug-likeness (QED) is 0.336. The lowest BCUT2D eigenvalue weighted by atomic mass is 10.1. The van der Waals surface area contributed by atoms with E-state index in [2.05, 4.69) is 27.4 Å². The number of likely N-dealkylation sites (tertiary alicyclic amines) is 1. The van der Waals surface area contributed by atoms with Gasteiger partial charge in [0.05, 0.1) is 22.7 Å². The SMILES string of the molecule is CCNC(=NCCNc1ncc(Cl)cc1Cl)N1CCC(OCCCOC)CC1. The topological polar surface area (TPSA) is 71.0 Å². The van der Waals surface area contributed by atoms with Crippen LogP contribution in [0.5, 0.6) is 0 Å². The average molecular weight is 432 g/mol. The van der Waals surface area contributed by atoms with Gasteiger partial charge in [-0.1, -0.05) is 23.2 Å². The summed E-state index contributed by atoms with van der Waals surface area (Å²) in [7, 11) is 1.72. The van der Waals surface area contributed by atoms with E-state index in [0.717, 1.165) is 58.1 Å². The van der Waals surface area contributed by atoms with Crippen LogP contribution < -0.4 is 10.6 Å². The van der Waals surface area contributed by atoms with Crippen LogP contribution >= 0.6 is 23.2 Å². The fraction of sp³-hybridized carbons (Fsp3) is 0.684. The first kappa shape index (κ1) is 23.0. The molecule has 2 rings (SSSR count). The van der Waals surface area contributed by atoms with Crippen molar-refractivity contribution < 1.29 is 9.47 Å². The van der Waals surface area contributed by atoms with Crippen LogP contribution in [-0.2, 0) is 9.47 Å². The molecule has 1 aromatic heterocycles. The Balaban J connectivity index is 1.76. The van der Waals surface area contributed by atoms with Crippen molar-refractivity contribution in [1.82, 2.24) is 15.2 Å². The van der Waals surface area contributed by atoms with Gasteiger partial charge in [-0.2, -0.15) is 0 Å². The Hall–Kier alpha value is -1.28. The summed E-state index contributed by atoms with van der Waals surface area (Å²) >= 11 is 12.0. The van der Waals surface area contributed by atoms with Crippen molar-refractivity contribution in [3.05, 3.63) is 22.3 Å². The summed E-state index contributed by atoms with van der Waals surface area (Å²) in [6.45, 7) is 7.58. The fourth-order valence-electron chi connectivity index (χ4n) is 2.99. The molecular weight excluding hydrogens is 401 g/mol. The predicted octanol–water partition coefficient (Wildman–Crippen LogP) is 3.28. The maximum Gasteiger partial charge on any atom is 0.193 e. The molecule has 0 unspecified atom stereocenters. The molecule has 0 spiro atoms. The van der Waals surface area contributed by atoms with Gasteiger partial charge in [-0.05, 0) is 32.3 Å². The van der Waals surface area contributed by atoms with Crippen LogP contribution in [0, 0.1) is 0 Å². The number of methoxy groups -OCH3 is 1. The second kappa shape index (κ2) is 13.0. The molecule has 0 atom stereocenters. The van der Waals surface area contributed by atoms with Crippen molar-refractivity contribution in [2.24, 2.45) is 4.99 Å². The minimum absolute atomic E-state index is 0.329. The number of pyridine rings is 1. The molecule has 7 nitrogen and oxygen atoms in total. The number of piperidine rings is 1. The molecule has 0 aliphatic carbocycles. The summed E-state index contributed by atoms with van der Waals surface area (Å²) in [5, 5.41) is 7.60. The number of rotatable bonds is 10. The lowest BCUT2D eigenvalue weighted by Crippen LogP contribution is -2.47. The van der Waals surface area contributed by atoms with E-state index in [9.17, 15) is 0 Å². The highest BCUT2D eigenvalue weighted by Crippen LogP contribution is 2.22. The molecule has 9 heteroatoms. The molecule has 0 saturated carbocycles. The van der Waals surface area contributed by atoms with Gasteiger partial charge in [0.15, 0.2) is 5.96 Å². The molecule has 2 heterocycles. The molecule has 0 radical (unpaired) electrons. The van der Waals surface area contributed by atoms with Crippen LogP contribution in [0.15, 0.2) is 17.3 Å². The number of nitrogens with zero attached hydrogens (tertiary/aromatic N) is 3. The molecule has 28 heavy (non-hydrogen) atoms. The predicted molar refractivity (Wildman–Crippen MR) is 116 cm³/mol. The van der Waals surface area contributed by atoms with E-state index in [0.29, 0.717) is 35.1 Å². The molecule has 1 aliphatic rings. The standard InChI is InChI=1S/C19H31Cl2N5O2/c1-3-22-19(24-8-7-23-18-17(21)13-15(20)14-25-18)26-9-5-16(6-10-26)28-12-4-11-27-2/h13-14,16H,3-12H2,1-2H3,(H,22,24)(H,23,25). The van der Waals surface area contributed by atoms with E-state index in [-0.39, 0.29) is 0 Å². The highest BCUT2D eigenvalue weighted by molar-refractivity contribution is 6.35. The molecule has 158 valence electrons. The van der Waals surface area contributed by atoms with Crippen molar-refractivity contribution in [1.29, 1.82) is 0 Å². The van der Waals surface area contributed by atoms with Gasteiger partial charge in [-0.3, -0.25) is 4.99 Å². The zero-order valence-electron chi connectivity index (χ0n) is 16.7. The van der Waals surface area contributed by atoms with E-state index in [1.807, 2.05) is 0 Å². The van der Waals surface area contributed by atoms with Crippen LogP contribution in [-0.4, -0.2) is 75.0 Å². The molecule has 0 aromatic carbocycles. The summed E-state index contributed by atoms with van der Waals surface area (Å²) in [6.07, 6.45) is 4.88. The maximum atomic E-state index is 6.13. The van der Waals surface area contributed by atoms with Gasteiger partial charge in [0.2, 0.25) is 0 Å². The molecule has 1 saturated heterocycles. The largest absolute Gasteiger partial charge is 0.385 e. The second-order valence-corrected chi connectivity index (χ2v) is 7.39. The van der Waals surface area contributed by atoms with Crippen molar-refractivity contribution in [3.63, 3.8) is 0 Å². The maximum absolute atomic E-state index is 6.13. The number of halogens is 2. The van der Waals surface area contributed by atoms with Crippen LogP contribution in [0.4, 0.5) is 5.82 Å². The van der Waals surface area contributed by atoms with Gasteiger partial charge < -0.3 is 25.0 Å². The Morgan fingerprint density at radius 3 is 2.79 bits per heavy atom. The normalized spacial score (nSPS) is 15.7. The minimum Gasteiger partial charge on any atom is -0.385 e. The van der Waals surface area contributed by atoms with Crippen LogP contribution in [0.1, 0.15) is 26.2 Å². The number of nitrogens with one attached hydrogen (secondary N) is 2. The van der Waals surface area contributed by atoms with Crippen LogP contribution in [0.2, 0.25) is 10.0 Å². The number of anilines is 1. The molecule has 0 amide bonds. The summed E-state index contributed by atoms with van der Waals surface area (Å²) in [4.78, 5) is 11.2. The number of hydrogen-bond acceptors (Lipinski definition) is 5. The summed E-state index contributed by atoms with van der Waals surface area (Å²) in [5.74, 6) is 1.56. The second-order valence-electron chi connectivity index (χ2n) is 6.55. The highest BCUT2D eigenvalue weighted by atomic mass is 35.5. The number of aliphatic imine (C=N–C) groups is 1. The van der Waals surface area contributed by atoms with E-state index >= 15 is 0 Å². The summed E-state index contributed by atoms with van der Waals surface area (Å²) in [6, 6.07) is 1.67. The fourth-order valence-corrected chi connectivity index (χ4v) is 3.44. The van der Waals surface area contributed by atoms with Gasteiger partial charge in [-0.15, -0.1) is 0 Å². The lowest BCUT2D eigenvalue weighted by molar-refractivity contribution is 0.00991. The van der Waals surface area contributed by atoms with E-state index in [1.165, 1.54) is 0 Å². The number of ether oxygens (including phenoxy) is 2. The Bertz CT molecular complexity index is 610. The Morgan fingerprint density at radius 1 is 1.32 bits per heavy atom. The van der Waals surface area contributed by atoms with E-state index in [4.69, 9.17) is 37.7 Å². The molecule has 0 bridgehead atoms. The third kappa shape index (κ3) is 7.99.